The lowest BCUT2D eigenvalue weighted by Crippen LogP contribution is -2.11. The summed E-state index contributed by atoms with van der Waals surface area (Å²) in [5.41, 5.74) is 1.18. The highest BCUT2D eigenvalue weighted by molar-refractivity contribution is 7.99. The van der Waals surface area contributed by atoms with E-state index >= 15 is 0 Å². The van der Waals surface area contributed by atoms with Crippen molar-refractivity contribution in [1.82, 2.24) is 0 Å². The van der Waals surface area contributed by atoms with E-state index in [9.17, 15) is 0 Å². The van der Waals surface area contributed by atoms with Crippen LogP contribution in [0.5, 0.6) is 5.75 Å². The Hall–Kier alpha value is -0.830. The molecule has 0 aliphatic carbocycles. The minimum absolute atomic E-state index is 0.794. The maximum Gasteiger partial charge on any atom is 0.143 e. The van der Waals surface area contributed by atoms with Crippen molar-refractivity contribution in [2.24, 2.45) is 0 Å². The number of anilines is 1. The number of nitrogens with one attached hydrogen (secondary N) is 1. The summed E-state index contributed by atoms with van der Waals surface area (Å²) in [6.45, 7) is 3.95. The molecule has 0 spiro atoms. The van der Waals surface area contributed by atoms with Gasteiger partial charge in [0, 0.05) is 17.2 Å². The largest absolute Gasteiger partial charge is 0.491 e. The number of ether oxygens (including phenoxy) is 1. The second-order valence-corrected chi connectivity index (χ2v) is 4.39. The van der Waals surface area contributed by atoms with Gasteiger partial charge in [0.2, 0.25) is 0 Å². The quantitative estimate of drug-likeness (QED) is 0.827. The number of thioether (sulfide) groups is 1. The van der Waals surface area contributed by atoms with Crippen LogP contribution < -0.4 is 10.1 Å². The highest BCUT2D eigenvalue weighted by Crippen LogP contribution is 2.37. The molecule has 0 saturated carbocycles. The Labute approximate surface area is 89.0 Å². The smallest absolute Gasteiger partial charge is 0.143 e. The fourth-order valence-corrected chi connectivity index (χ4v) is 2.39. The number of benzene rings is 1. The summed E-state index contributed by atoms with van der Waals surface area (Å²) in [5.74, 6) is 2.14. The van der Waals surface area contributed by atoms with E-state index in [0.717, 1.165) is 31.1 Å². The van der Waals surface area contributed by atoms with E-state index in [1.807, 2.05) is 17.8 Å². The first-order valence-corrected chi connectivity index (χ1v) is 6.03. The van der Waals surface area contributed by atoms with Crippen LogP contribution in [0.4, 0.5) is 5.69 Å². The van der Waals surface area contributed by atoms with E-state index in [-0.39, 0.29) is 0 Å². The van der Waals surface area contributed by atoms with Gasteiger partial charge in [0.05, 0.1) is 12.3 Å². The van der Waals surface area contributed by atoms with Crippen molar-refractivity contribution in [1.29, 1.82) is 0 Å². The van der Waals surface area contributed by atoms with Gasteiger partial charge in [0.1, 0.15) is 5.75 Å². The Kier molecular flexibility index (Phi) is 3.19. The molecule has 0 aromatic heterocycles. The molecular formula is C11H15NOS. The average Bonchev–Trinajstić information content (AvgIpc) is 2.26. The average molecular weight is 209 g/mol. The number of fused-ring (bicyclic) bond motifs is 1. The summed E-state index contributed by atoms with van der Waals surface area (Å²) in [6.07, 6.45) is 1.05. The van der Waals surface area contributed by atoms with Crippen LogP contribution in [0.25, 0.3) is 0 Å². The van der Waals surface area contributed by atoms with Crippen molar-refractivity contribution in [3.63, 3.8) is 0 Å². The first-order chi connectivity index (χ1) is 6.92. The lowest BCUT2D eigenvalue weighted by Gasteiger charge is -2.20. The predicted molar refractivity (Wildman–Crippen MR) is 61.4 cm³/mol. The van der Waals surface area contributed by atoms with Crippen molar-refractivity contribution >= 4 is 17.4 Å². The zero-order valence-corrected chi connectivity index (χ0v) is 9.19. The van der Waals surface area contributed by atoms with Gasteiger partial charge in [-0.15, -0.1) is 11.8 Å². The van der Waals surface area contributed by atoms with E-state index in [2.05, 4.69) is 24.4 Å². The molecule has 14 heavy (non-hydrogen) atoms. The zero-order chi connectivity index (χ0) is 9.80. The molecule has 0 amide bonds. The number of hydrogen-bond donors (Lipinski definition) is 1. The van der Waals surface area contributed by atoms with E-state index < -0.39 is 0 Å². The van der Waals surface area contributed by atoms with Crippen molar-refractivity contribution in [2.75, 3.05) is 24.2 Å². The molecule has 0 saturated heterocycles. The summed E-state index contributed by atoms with van der Waals surface area (Å²) in [4.78, 5) is 1.31. The summed E-state index contributed by atoms with van der Waals surface area (Å²) in [7, 11) is 0. The van der Waals surface area contributed by atoms with Crippen LogP contribution in [-0.2, 0) is 0 Å². The maximum atomic E-state index is 5.68. The van der Waals surface area contributed by atoms with E-state index in [1.165, 1.54) is 10.6 Å². The van der Waals surface area contributed by atoms with Crippen LogP contribution in [0.2, 0.25) is 0 Å². The SMILES string of the molecule is CCCOc1cccc2c1NCCS2. The van der Waals surface area contributed by atoms with E-state index in [0.29, 0.717) is 0 Å². The third-order valence-corrected chi connectivity index (χ3v) is 3.17. The summed E-state index contributed by atoms with van der Waals surface area (Å²) in [6, 6.07) is 6.24. The molecule has 1 aromatic rings. The van der Waals surface area contributed by atoms with Gasteiger partial charge >= 0.3 is 0 Å². The number of rotatable bonds is 3. The fourth-order valence-electron chi connectivity index (χ4n) is 1.47. The predicted octanol–water partition coefficient (Wildman–Crippen LogP) is 2.99. The number of hydrogen-bond acceptors (Lipinski definition) is 3. The standard InChI is InChI=1S/C11H15NOS/c1-2-7-13-9-4-3-5-10-11(9)12-6-8-14-10/h3-5,12H,2,6-8H2,1H3. The second-order valence-electron chi connectivity index (χ2n) is 3.25. The topological polar surface area (TPSA) is 21.3 Å². The molecule has 1 heterocycles. The molecule has 0 fully saturated rings. The van der Waals surface area contributed by atoms with Crippen LogP contribution in [0.1, 0.15) is 13.3 Å². The minimum atomic E-state index is 0.794. The van der Waals surface area contributed by atoms with Gasteiger partial charge in [-0.3, -0.25) is 0 Å². The van der Waals surface area contributed by atoms with Crippen LogP contribution in [-0.4, -0.2) is 18.9 Å². The van der Waals surface area contributed by atoms with Gasteiger partial charge in [0.15, 0.2) is 0 Å². The lowest BCUT2D eigenvalue weighted by atomic mass is 10.3. The van der Waals surface area contributed by atoms with Gasteiger partial charge in [-0.05, 0) is 18.6 Å². The van der Waals surface area contributed by atoms with Gasteiger partial charge in [0.25, 0.3) is 0 Å². The Morgan fingerprint density at radius 3 is 3.29 bits per heavy atom. The molecule has 0 unspecified atom stereocenters. The molecule has 0 atom stereocenters. The highest BCUT2D eigenvalue weighted by Gasteiger charge is 2.13. The Morgan fingerprint density at radius 2 is 2.43 bits per heavy atom. The van der Waals surface area contributed by atoms with Crippen molar-refractivity contribution in [2.45, 2.75) is 18.2 Å². The fraction of sp³-hybridized carbons (Fsp3) is 0.455. The van der Waals surface area contributed by atoms with E-state index in [1.54, 1.807) is 0 Å². The van der Waals surface area contributed by atoms with Gasteiger partial charge < -0.3 is 10.1 Å². The third-order valence-electron chi connectivity index (χ3n) is 2.11. The van der Waals surface area contributed by atoms with Gasteiger partial charge in [-0.25, -0.2) is 0 Å². The molecule has 0 radical (unpaired) electrons. The molecule has 76 valence electrons. The molecule has 1 aliphatic rings. The van der Waals surface area contributed by atoms with Crippen molar-refractivity contribution in [3.8, 4) is 5.75 Å². The van der Waals surface area contributed by atoms with E-state index in [4.69, 9.17) is 4.74 Å². The highest BCUT2D eigenvalue weighted by atomic mass is 32.2. The van der Waals surface area contributed by atoms with Crippen LogP contribution in [0, 0.1) is 0 Å². The summed E-state index contributed by atoms with van der Waals surface area (Å²) in [5, 5.41) is 3.39. The molecular weight excluding hydrogens is 194 g/mol. The van der Waals surface area contributed by atoms with Crippen LogP contribution in [0.15, 0.2) is 23.1 Å². The Bertz CT molecular complexity index is 314. The summed E-state index contributed by atoms with van der Waals surface area (Å²) < 4.78 is 5.68. The maximum absolute atomic E-state index is 5.68. The zero-order valence-electron chi connectivity index (χ0n) is 8.38. The second kappa shape index (κ2) is 4.60. The van der Waals surface area contributed by atoms with Crippen LogP contribution >= 0.6 is 11.8 Å². The summed E-state index contributed by atoms with van der Waals surface area (Å²) >= 11 is 1.89. The first-order valence-electron chi connectivity index (χ1n) is 5.04. The van der Waals surface area contributed by atoms with Crippen molar-refractivity contribution in [3.05, 3.63) is 18.2 Å². The Morgan fingerprint density at radius 1 is 1.50 bits per heavy atom. The van der Waals surface area contributed by atoms with Gasteiger partial charge in [-0.1, -0.05) is 13.0 Å². The third kappa shape index (κ3) is 1.98. The van der Waals surface area contributed by atoms with Gasteiger partial charge in [-0.2, -0.15) is 0 Å². The lowest BCUT2D eigenvalue weighted by molar-refractivity contribution is 0.318. The molecule has 1 N–H and O–H groups in total. The minimum Gasteiger partial charge on any atom is -0.491 e. The molecule has 2 rings (SSSR count). The Balaban J connectivity index is 2.21. The molecule has 2 nitrogen and oxygen atoms in total. The molecule has 3 heteroatoms. The molecule has 1 aromatic carbocycles. The number of para-hydroxylation sites is 1. The van der Waals surface area contributed by atoms with Crippen molar-refractivity contribution < 1.29 is 4.74 Å². The first kappa shape index (κ1) is 9.71. The normalized spacial score (nSPS) is 14.4. The molecule has 0 bridgehead atoms. The van der Waals surface area contributed by atoms with Crippen LogP contribution in [0.3, 0.4) is 0 Å². The monoisotopic (exact) mass is 209 g/mol. The molecule has 1 aliphatic heterocycles.